The van der Waals surface area contributed by atoms with Crippen molar-refractivity contribution in [3.05, 3.63) is 71.2 Å². The molecular weight excluding hydrogens is 430 g/mol. The van der Waals surface area contributed by atoms with Crippen LogP contribution in [0.25, 0.3) is 5.82 Å². The highest BCUT2D eigenvalue weighted by Crippen LogP contribution is 2.21. The largest absolute Gasteiger partial charge is 0.379 e. The number of nitrogens with one attached hydrogen (secondary N) is 1. The van der Waals surface area contributed by atoms with Gasteiger partial charge in [-0.2, -0.15) is 9.40 Å². The fourth-order valence-corrected chi connectivity index (χ4v) is 5.19. The van der Waals surface area contributed by atoms with E-state index in [0.29, 0.717) is 19.0 Å². The molecule has 168 valence electrons. The standard InChI is InChI=1S/C22H25N5O4S/c1-16-13-17(2)27(25-16)21-8-7-18(14-23-21)15-24-22(28)19-5-3-4-6-20(19)32(29,30)26-9-11-31-12-10-26/h3-8,13-14H,9-12,15H2,1-2H3,(H,24,28). The number of hydrogen-bond acceptors (Lipinski definition) is 6. The molecule has 0 bridgehead atoms. The number of morpholine rings is 1. The summed E-state index contributed by atoms with van der Waals surface area (Å²) < 4.78 is 34.5. The zero-order chi connectivity index (χ0) is 22.7. The lowest BCUT2D eigenvalue weighted by atomic mass is 10.2. The fourth-order valence-electron chi connectivity index (χ4n) is 3.59. The normalized spacial score (nSPS) is 14.9. The molecule has 0 radical (unpaired) electrons. The quantitative estimate of drug-likeness (QED) is 0.608. The van der Waals surface area contributed by atoms with Gasteiger partial charge >= 0.3 is 0 Å². The van der Waals surface area contributed by atoms with E-state index in [4.69, 9.17) is 4.74 Å². The van der Waals surface area contributed by atoms with Crippen LogP contribution in [-0.2, 0) is 21.3 Å². The molecule has 1 fully saturated rings. The molecule has 1 saturated heterocycles. The Kier molecular flexibility index (Phi) is 6.35. The predicted octanol–water partition coefficient (Wildman–Crippen LogP) is 1.84. The fraction of sp³-hybridized carbons (Fsp3) is 0.318. The van der Waals surface area contributed by atoms with Crippen molar-refractivity contribution in [3.8, 4) is 5.82 Å². The van der Waals surface area contributed by atoms with E-state index < -0.39 is 15.9 Å². The maximum Gasteiger partial charge on any atom is 0.252 e. The van der Waals surface area contributed by atoms with Gasteiger partial charge in [0, 0.05) is 31.5 Å². The lowest BCUT2D eigenvalue weighted by molar-refractivity contribution is 0.0730. The SMILES string of the molecule is Cc1cc(C)n(-c2ccc(CNC(=O)c3ccccc3S(=O)(=O)N3CCOCC3)cn2)n1. The summed E-state index contributed by atoms with van der Waals surface area (Å²) >= 11 is 0. The first kappa shape index (κ1) is 22.1. The summed E-state index contributed by atoms with van der Waals surface area (Å²) in [6.45, 7) is 5.32. The highest BCUT2D eigenvalue weighted by molar-refractivity contribution is 7.89. The Hall–Kier alpha value is -3.08. The second kappa shape index (κ2) is 9.19. The Balaban J connectivity index is 1.47. The summed E-state index contributed by atoms with van der Waals surface area (Å²) in [4.78, 5) is 17.3. The van der Waals surface area contributed by atoms with Crippen molar-refractivity contribution in [1.29, 1.82) is 0 Å². The van der Waals surface area contributed by atoms with Gasteiger partial charge in [0.1, 0.15) is 0 Å². The van der Waals surface area contributed by atoms with Gasteiger partial charge in [-0.3, -0.25) is 4.79 Å². The van der Waals surface area contributed by atoms with Crippen molar-refractivity contribution in [2.45, 2.75) is 25.3 Å². The van der Waals surface area contributed by atoms with E-state index in [0.717, 1.165) is 17.0 Å². The average molecular weight is 456 g/mol. The van der Waals surface area contributed by atoms with Crippen LogP contribution < -0.4 is 5.32 Å². The van der Waals surface area contributed by atoms with Crippen molar-refractivity contribution >= 4 is 15.9 Å². The van der Waals surface area contributed by atoms with Gasteiger partial charge in [-0.1, -0.05) is 18.2 Å². The molecule has 1 amide bonds. The second-order valence-corrected chi connectivity index (χ2v) is 9.47. The summed E-state index contributed by atoms with van der Waals surface area (Å²) in [5.41, 5.74) is 2.80. The van der Waals surface area contributed by atoms with Gasteiger partial charge in [0.25, 0.3) is 5.91 Å². The number of benzene rings is 1. The third-order valence-corrected chi connectivity index (χ3v) is 7.17. The van der Waals surface area contributed by atoms with Gasteiger partial charge in [0.2, 0.25) is 10.0 Å². The number of nitrogens with zero attached hydrogens (tertiary/aromatic N) is 4. The highest BCUT2D eigenvalue weighted by atomic mass is 32.2. The first-order valence-electron chi connectivity index (χ1n) is 10.3. The molecular formula is C22H25N5O4S. The Morgan fingerprint density at radius 2 is 1.88 bits per heavy atom. The molecule has 2 aromatic heterocycles. The van der Waals surface area contributed by atoms with Crippen molar-refractivity contribution in [2.75, 3.05) is 26.3 Å². The van der Waals surface area contributed by atoms with Crippen LogP contribution in [0.15, 0.2) is 53.6 Å². The van der Waals surface area contributed by atoms with Crippen LogP contribution in [0.4, 0.5) is 0 Å². The minimum absolute atomic E-state index is 0.00241. The molecule has 32 heavy (non-hydrogen) atoms. The molecule has 1 aromatic carbocycles. The maximum atomic E-state index is 13.1. The predicted molar refractivity (Wildman–Crippen MR) is 118 cm³/mol. The van der Waals surface area contributed by atoms with Crippen molar-refractivity contribution < 1.29 is 17.9 Å². The number of sulfonamides is 1. The molecule has 0 unspecified atom stereocenters. The molecule has 0 spiro atoms. The van der Waals surface area contributed by atoms with Crippen molar-refractivity contribution in [1.82, 2.24) is 24.4 Å². The van der Waals surface area contributed by atoms with E-state index in [1.165, 1.54) is 16.4 Å². The minimum atomic E-state index is -3.79. The third kappa shape index (κ3) is 4.57. The first-order valence-corrected chi connectivity index (χ1v) is 11.7. The molecule has 3 aromatic rings. The summed E-state index contributed by atoms with van der Waals surface area (Å²) in [7, 11) is -3.79. The average Bonchev–Trinajstić information content (AvgIpc) is 3.16. The molecule has 0 saturated carbocycles. The topological polar surface area (TPSA) is 106 Å². The number of aryl methyl sites for hydroxylation is 2. The van der Waals surface area contributed by atoms with Gasteiger partial charge in [-0.05, 0) is 43.7 Å². The molecule has 3 heterocycles. The number of rotatable bonds is 6. The van der Waals surface area contributed by atoms with E-state index in [1.54, 1.807) is 23.0 Å². The van der Waals surface area contributed by atoms with Gasteiger partial charge < -0.3 is 10.1 Å². The van der Waals surface area contributed by atoms with Crippen LogP contribution in [0.2, 0.25) is 0 Å². The lowest BCUT2D eigenvalue weighted by Gasteiger charge is -2.26. The molecule has 4 rings (SSSR count). The van der Waals surface area contributed by atoms with Gasteiger partial charge in [-0.15, -0.1) is 0 Å². The van der Waals surface area contributed by atoms with Gasteiger partial charge in [0.15, 0.2) is 5.82 Å². The molecule has 1 N–H and O–H groups in total. The second-order valence-electron chi connectivity index (χ2n) is 7.56. The monoisotopic (exact) mass is 455 g/mol. The molecule has 10 heteroatoms. The molecule has 1 aliphatic rings. The number of ether oxygens (including phenoxy) is 1. The molecule has 0 atom stereocenters. The van der Waals surface area contributed by atoms with Crippen LogP contribution in [-0.4, -0.2) is 59.7 Å². The Morgan fingerprint density at radius 1 is 1.12 bits per heavy atom. The molecule has 9 nitrogen and oxygen atoms in total. The number of carbonyl (C=O) groups is 1. The van der Waals surface area contributed by atoms with Gasteiger partial charge in [-0.25, -0.2) is 18.1 Å². The number of hydrogen-bond donors (Lipinski definition) is 1. The van der Waals surface area contributed by atoms with Crippen LogP contribution in [0.1, 0.15) is 27.3 Å². The molecule has 1 aliphatic heterocycles. The van der Waals surface area contributed by atoms with Crippen LogP contribution in [0, 0.1) is 13.8 Å². The summed E-state index contributed by atoms with van der Waals surface area (Å²) in [5.74, 6) is 0.229. The van der Waals surface area contributed by atoms with Gasteiger partial charge in [0.05, 0.1) is 29.4 Å². The Labute approximate surface area is 187 Å². The third-order valence-electron chi connectivity index (χ3n) is 5.21. The van der Waals surface area contributed by atoms with E-state index in [9.17, 15) is 13.2 Å². The van der Waals surface area contributed by atoms with E-state index in [2.05, 4.69) is 15.4 Å². The highest BCUT2D eigenvalue weighted by Gasteiger charge is 2.30. The van der Waals surface area contributed by atoms with Crippen LogP contribution >= 0.6 is 0 Å². The Morgan fingerprint density at radius 3 is 2.53 bits per heavy atom. The number of aromatic nitrogens is 3. The number of amides is 1. The van der Waals surface area contributed by atoms with Crippen LogP contribution in [0.3, 0.4) is 0 Å². The number of carbonyl (C=O) groups excluding carboxylic acids is 1. The molecule has 0 aliphatic carbocycles. The minimum Gasteiger partial charge on any atom is -0.379 e. The van der Waals surface area contributed by atoms with E-state index in [1.807, 2.05) is 32.0 Å². The van der Waals surface area contributed by atoms with E-state index in [-0.39, 0.29) is 30.1 Å². The maximum absolute atomic E-state index is 13.1. The van der Waals surface area contributed by atoms with Crippen molar-refractivity contribution in [2.24, 2.45) is 0 Å². The summed E-state index contributed by atoms with van der Waals surface area (Å²) in [5, 5.41) is 7.21. The summed E-state index contributed by atoms with van der Waals surface area (Å²) in [6, 6.07) is 11.9. The zero-order valence-electron chi connectivity index (χ0n) is 18.0. The summed E-state index contributed by atoms with van der Waals surface area (Å²) in [6.07, 6.45) is 1.67. The first-order chi connectivity index (χ1) is 15.4. The Bertz CT molecular complexity index is 1220. The van der Waals surface area contributed by atoms with Crippen LogP contribution in [0.5, 0.6) is 0 Å². The smallest absolute Gasteiger partial charge is 0.252 e. The zero-order valence-corrected chi connectivity index (χ0v) is 18.8. The number of pyridine rings is 1. The van der Waals surface area contributed by atoms with E-state index >= 15 is 0 Å². The van der Waals surface area contributed by atoms with Crippen molar-refractivity contribution in [3.63, 3.8) is 0 Å². The lowest BCUT2D eigenvalue weighted by Crippen LogP contribution is -2.41.